The van der Waals surface area contributed by atoms with Crippen LogP contribution in [0.5, 0.6) is 11.5 Å². The van der Waals surface area contributed by atoms with Crippen molar-refractivity contribution in [1.82, 2.24) is 4.90 Å². The van der Waals surface area contributed by atoms with Gasteiger partial charge in [-0.2, -0.15) is 5.26 Å². The largest absolute Gasteiger partial charge is 0.490 e. The van der Waals surface area contributed by atoms with E-state index < -0.39 is 12.0 Å². The van der Waals surface area contributed by atoms with Gasteiger partial charge >= 0.3 is 0 Å². The number of nitrogens with zero attached hydrogens (tertiary/aromatic N) is 2. The number of rotatable bonds is 7. The number of carbonyl (C=O) groups is 2. The second kappa shape index (κ2) is 8.58. The molecule has 24 heavy (non-hydrogen) atoms. The Morgan fingerprint density at radius 2 is 2.04 bits per heavy atom. The molecule has 7 heteroatoms. The summed E-state index contributed by atoms with van der Waals surface area (Å²) in [7, 11) is 3.29. The third kappa shape index (κ3) is 5.02. The highest BCUT2D eigenvalue weighted by Crippen LogP contribution is 2.30. The summed E-state index contributed by atoms with van der Waals surface area (Å²) in [5.41, 5.74) is 5.52. The Hall–Kier alpha value is -3.01. The Kier molecular flexibility index (Phi) is 6.80. The second-order valence-electron chi connectivity index (χ2n) is 5.17. The zero-order valence-electron chi connectivity index (χ0n) is 14.2. The van der Waals surface area contributed by atoms with Crippen molar-refractivity contribution in [2.75, 3.05) is 20.7 Å². The number of likely N-dealkylation sites (N-methyl/N-ethyl adjacent to an activating group) is 1. The van der Waals surface area contributed by atoms with Crippen molar-refractivity contribution in [3.05, 3.63) is 29.3 Å². The van der Waals surface area contributed by atoms with Crippen molar-refractivity contribution in [2.45, 2.75) is 20.0 Å². The zero-order valence-corrected chi connectivity index (χ0v) is 14.2. The molecular formula is C17H21N3O4. The van der Waals surface area contributed by atoms with Crippen molar-refractivity contribution >= 4 is 17.9 Å². The summed E-state index contributed by atoms with van der Waals surface area (Å²) in [6.07, 6.45) is 0.684. The Morgan fingerprint density at radius 3 is 2.54 bits per heavy atom. The van der Waals surface area contributed by atoms with Gasteiger partial charge in [-0.05, 0) is 37.6 Å². The summed E-state index contributed by atoms with van der Waals surface area (Å²) in [5, 5.41) is 8.90. The zero-order chi connectivity index (χ0) is 18.3. The molecule has 1 atom stereocenters. The molecule has 7 nitrogen and oxygen atoms in total. The van der Waals surface area contributed by atoms with Crippen LogP contribution in [0.2, 0.25) is 0 Å². The molecule has 2 amide bonds. The summed E-state index contributed by atoms with van der Waals surface area (Å²) < 4.78 is 11.2. The summed E-state index contributed by atoms with van der Waals surface area (Å²) in [5.74, 6) is -0.177. The number of benzene rings is 1. The van der Waals surface area contributed by atoms with Gasteiger partial charge in [0.25, 0.3) is 11.8 Å². The minimum atomic E-state index is -0.805. The van der Waals surface area contributed by atoms with Gasteiger partial charge in [-0.25, -0.2) is 0 Å². The van der Waals surface area contributed by atoms with Crippen LogP contribution < -0.4 is 15.2 Å². The molecule has 0 aromatic heterocycles. The highest BCUT2D eigenvalue weighted by molar-refractivity contribution is 6.00. The first-order chi connectivity index (χ1) is 11.3. The Labute approximate surface area is 141 Å². The van der Waals surface area contributed by atoms with Crippen LogP contribution in [-0.4, -0.2) is 43.5 Å². The molecule has 0 heterocycles. The van der Waals surface area contributed by atoms with Crippen molar-refractivity contribution in [2.24, 2.45) is 5.73 Å². The molecule has 0 spiro atoms. The lowest BCUT2D eigenvalue weighted by molar-refractivity contribution is -0.135. The molecule has 128 valence electrons. The van der Waals surface area contributed by atoms with Gasteiger partial charge in [0.2, 0.25) is 0 Å². The Balaban J connectivity index is 3.14. The summed E-state index contributed by atoms with van der Waals surface area (Å²) in [6, 6.07) is 6.62. The van der Waals surface area contributed by atoms with Crippen LogP contribution in [0.25, 0.3) is 6.08 Å². The van der Waals surface area contributed by atoms with E-state index in [-0.39, 0.29) is 11.5 Å². The number of primary amides is 1. The molecule has 1 rings (SSSR count). The van der Waals surface area contributed by atoms with Crippen LogP contribution >= 0.6 is 0 Å². The number of nitrogens with two attached hydrogens (primary N) is 1. The molecule has 2 N–H and O–H groups in total. The number of amides is 2. The Morgan fingerprint density at radius 1 is 1.38 bits per heavy atom. The lowest BCUT2D eigenvalue weighted by atomic mass is 10.1. The molecule has 0 aliphatic rings. The first-order valence-electron chi connectivity index (χ1n) is 7.36. The standard InChI is InChI=1S/C17H21N3O4/c1-5-23-15-9-12(8-13(10-18)16(19)21)6-7-14(15)24-11(2)17(22)20(3)4/h6-9,11H,5H2,1-4H3,(H2,19,21)/b13-8+. The van der Waals surface area contributed by atoms with Crippen LogP contribution in [0.1, 0.15) is 19.4 Å². The first-order valence-corrected chi connectivity index (χ1v) is 7.36. The highest BCUT2D eigenvalue weighted by atomic mass is 16.5. The van der Waals surface area contributed by atoms with Gasteiger partial charge in [0.1, 0.15) is 11.6 Å². The number of hydrogen-bond donors (Lipinski definition) is 1. The predicted octanol–water partition coefficient (Wildman–Crippen LogP) is 1.33. The third-order valence-electron chi connectivity index (χ3n) is 3.06. The maximum Gasteiger partial charge on any atom is 0.262 e. The van der Waals surface area contributed by atoms with E-state index in [1.54, 1.807) is 45.3 Å². The number of nitriles is 1. The highest BCUT2D eigenvalue weighted by Gasteiger charge is 2.18. The molecule has 0 fully saturated rings. The topological polar surface area (TPSA) is 106 Å². The van der Waals surface area contributed by atoms with Gasteiger partial charge in [-0.15, -0.1) is 0 Å². The van der Waals surface area contributed by atoms with E-state index in [0.717, 1.165) is 0 Å². The maximum absolute atomic E-state index is 11.9. The van der Waals surface area contributed by atoms with E-state index in [4.69, 9.17) is 20.5 Å². The van der Waals surface area contributed by atoms with Crippen LogP contribution in [0.3, 0.4) is 0 Å². The van der Waals surface area contributed by atoms with Crippen molar-refractivity contribution in [3.8, 4) is 17.6 Å². The normalized spacial score (nSPS) is 12.0. The fourth-order valence-corrected chi connectivity index (χ4v) is 1.91. The van der Waals surface area contributed by atoms with Crippen molar-refractivity contribution in [3.63, 3.8) is 0 Å². The van der Waals surface area contributed by atoms with Crippen LogP contribution in [0.4, 0.5) is 0 Å². The molecule has 0 aliphatic heterocycles. The lowest BCUT2D eigenvalue weighted by Gasteiger charge is -2.20. The monoisotopic (exact) mass is 331 g/mol. The van der Waals surface area contributed by atoms with E-state index in [1.807, 2.05) is 6.92 Å². The van der Waals surface area contributed by atoms with Gasteiger partial charge in [0, 0.05) is 14.1 Å². The third-order valence-corrected chi connectivity index (χ3v) is 3.06. The van der Waals surface area contributed by atoms with Gasteiger partial charge in [-0.1, -0.05) is 6.07 Å². The minimum Gasteiger partial charge on any atom is -0.490 e. The fourth-order valence-electron chi connectivity index (χ4n) is 1.91. The summed E-state index contributed by atoms with van der Waals surface area (Å²) >= 11 is 0. The van der Waals surface area contributed by atoms with E-state index in [2.05, 4.69) is 0 Å². The molecule has 0 saturated heterocycles. The molecule has 0 saturated carbocycles. The summed E-state index contributed by atoms with van der Waals surface area (Å²) in [6.45, 7) is 3.85. The van der Waals surface area contributed by atoms with Crippen molar-refractivity contribution < 1.29 is 19.1 Å². The molecule has 1 aromatic carbocycles. The van der Waals surface area contributed by atoms with Gasteiger partial charge in [0.05, 0.1) is 6.61 Å². The summed E-state index contributed by atoms with van der Waals surface area (Å²) in [4.78, 5) is 24.5. The van der Waals surface area contributed by atoms with Gasteiger partial charge in [-0.3, -0.25) is 9.59 Å². The van der Waals surface area contributed by atoms with Gasteiger partial charge in [0.15, 0.2) is 17.6 Å². The quantitative estimate of drug-likeness (QED) is 0.599. The second-order valence-corrected chi connectivity index (χ2v) is 5.17. The molecule has 0 radical (unpaired) electrons. The number of ether oxygens (including phenoxy) is 2. The maximum atomic E-state index is 11.9. The SMILES string of the molecule is CCOc1cc(/C=C(\C#N)C(N)=O)ccc1OC(C)C(=O)N(C)C. The minimum absolute atomic E-state index is 0.165. The van der Waals surface area contributed by atoms with E-state index in [9.17, 15) is 9.59 Å². The number of carbonyl (C=O) groups excluding carboxylic acids is 2. The van der Waals surface area contributed by atoms with Crippen LogP contribution in [0, 0.1) is 11.3 Å². The first kappa shape index (κ1) is 19.0. The molecule has 0 bridgehead atoms. The van der Waals surface area contributed by atoms with E-state index >= 15 is 0 Å². The molecule has 1 unspecified atom stereocenters. The Bertz CT molecular complexity index is 690. The van der Waals surface area contributed by atoms with Crippen LogP contribution in [-0.2, 0) is 9.59 Å². The molecule has 0 aliphatic carbocycles. The van der Waals surface area contributed by atoms with Crippen molar-refractivity contribution in [1.29, 1.82) is 5.26 Å². The average molecular weight is 331 g/mol. The van der Waals surface area contributed by atoms with Crippen LogP contribution in [0.15, 0.2) is 23.8 Å². The lowest BCUT2D eigenvalue weighted by Crippen LogP contribution is -2.35. The van der Waals surface area contributed by atoms with E-state index in [1.165, 1.54) is 11.0 Å². The van der Waals surface area contributed by atoms with Gasteiger partial charge < -0.3 is 20.1 Å². The molecule has 1 aromatic rings. The smallest absolute Gasteiger partial charge is 0.262 e. The molecular weight excluding hydrogens is 310 g/mol. The van der Waals surface area contributed by atoms with E-state index in [0.29, 0.717) is 23.7 Å². The predicted molar refractivity (Wildman–Crippen MR) is 89.2 cm³/mol. The fraction of sp³-hybridized carbons (Fsp3) is 0.353. The average Bonchev–Trinajstić information content (AvgIpc) is 2.53. The number of hydrogen-bond acceptors (Lipinski definition) is 5.